The fourth-order valence-electron chi connectivity index (χ4n) is 2.86. The van der Waals surface area contributed by atoms with Crippen molar-refractivity contribution in [1.82, 2.24) is 5.32 Å². The van der Waals surface area contributed by atoms with E-state index in [0.29, 0.717) is 0 Å². The predicted octanol–water partition coefficient (Wildman–Crippen LogP) is 2.00. The number of anilines is 1. The van der Waals surface area contributed by atoms with E-state index in [1.165, 1.54) is 25.1 Å². The lowest BCUT2D eigenvalue weighted by molar-refractivity contribution is -0.974. The fraction of sp³-hybridized carbons (Fsp3) is 0.316. The highest BCUT2D eigenvalue weighted by atomic mass is 15.4. The molecule has 0 amide bonds. The first-order chi connectivity index (χ1) is 11.4. The van der Waals surface area contributed by atoms with Crippen LogP contribution in [0.2, 0.25) is 0 Å². The normalized spacial score (nSPS) is 17.7. The van der Waals surface area contributed by atoms with Crippen LogP contribution in [0.1, 0.15) is 19.8 Å². The topological polar surface area (TPSA) is 31.5 Å². The molecule has 0 saturated carbocycles. The van der Waals surface area contributed by atoms with Gasteiger partial charge in [0.25, 0.3) is 0 Å². The van der Waals surface area contributed by atoms with Gasteiger partial charge in [0, 0.05) is 0 Å². The Bertz CT molecular complexity index is 637. The van der Waals surface area contributed by atoms with E-state index in [2.05, 4.69) is 76.7 Å². The molecule has 3 N–H and O–H groups in total. The zero-order chi connectivity index (χ0) is 15.9. The van der Waals surface area contributed by atoms with Crippen molar-refractivity contribution in [2.24, 2.45) is 0 Å². The van der Waals surface area contributed by atoms with Gasteiger partial charge in [-0.15, -0.1) is 0 Å². The van der Waals surface area contributed by atoms with E-state index in [9.17, 15) is 0 Å². The summed E-state index contributed by atoms with van der Waals surface area (Å²) < 4.78 is 2.33. The molecule has 1 atom stereocenters. The van der Waals surface area contributed by atoms with Gasteiger partial charge >= 0.3 is 5.96 Å². The molecule has 4 heteroatoms. The minimum atomic E-state index is 0.957. The number of benzene rings is 2. The molecule has 23 heavy (non-hydrogen) atoms. The molecule has 0 radical (unpaired) electrons. The van der Waals surface area contributed by atoms with Crippen LogP contribution in [-0.2, 0) is 0 Å². The molecule has 0 spiro atoms. The van der Waals surface area contributed by atoms with Crippen molar-refractivity contribution >= 4 is 17.3 Å². The molecule has 2 aromatic rings. The van der Waals surface area contributed by atoms with Gasteiger partial charge in [-0.1, -0.05) is 49.7 Å². The Morgan fingerprint density at radius 3 is 2.43 bits per heavy atom. The molecular formula is C19H26N4+2. The van der Waals surface area contributed by atoms with Crippen molar-refractivity contribution in [3.63, 3.8) is 0 Å². The Kier molecular flexibility index (Phi) is 5.27. The van der Waals surface area contributed by atoms with Gasteiger partial charge < -0.3 is 0 Å². The molecule has 4 nitrogen and oxygen atoms in total. The van der Waals surface area contributed by atoms with Crippen molar-refractivity contribution in [2.75, 3.05) is 25.2 Å². The summed E-state index contributed by atoms with van der Waals surface area (Å²) in [6, 6.07) is 20.9. The van der Waals surface area contributed by atoms with Gasteiger partial charge in [-0.05, 0) is 30.7 Å². The number of rotatable bonds is 5. The molecule has 0 aromatic heterocycles. The lowest BCUT2D eigenvalue weighted by atomic mass is 10.3. The maximum Gasteiger partial charge on any atom is 0.364 e. The van der Waals surface area contributed by atoms with E-state index >= 15 is 0 Å². The van der Waals surface area contributed by atoms with Gasteiger partial charge in [0.1, 0.15) is 5.69 Å². The SMILES string of the molecule is CCCC[NH+]1CNC(Nc2ccccc2)=[N+](c2ccccc2)C1. The Labute approximate surface area is 138 Å². The molecule has 2 aromatic carbocycles. The largest absolute Gasteiger partial charge is 0.364 e. The number of nitrogens with one attached hydrogen (secondary N) is 3. The zero-order valence-corrected chi connectivity index (χ0v) is 13.8. The number of guanidine groups is 1. The maximum absolute atomic E-state index is 3.57. The number of hydrogen-bond acceptors (Lipinski definition) is 2. The highest BCUT2D eigenvalue weighted by Gasteiger charge is 2.26. The Hall–Kier alpha value is -2.33. The molecular weight excluding hydrogens is 284 g/mol. The van der Waals surface area contributed by atoms with E-state index in [0.717, 1.165) is 25.0 Å². The number of hydrogen-bond donors (Lipinski definition) is 3. The number of para-hydroxylation sites is 2. The second-order valence-electron chi connectivity index (χ2n) is 5.97. The molecule has 0 fully saturated rings. The highest BCUT2D eigenvalue weighted by Crippen LogP contribution is 2.11. The van der Waals surface area contributed by atoms with Crippen LogP contribution < -0.4 is 15.5 Å². The molecule has 0 saturated heterocycles. The summed E-state index contributed by atoms with van der Waals surface area (Å²) in [7, 11) is 0. The summed E-state index contributed by atoms with van der Waals surface area (Å²) in [4.78, 5) is 1.56. The van der Waals surface area contributed by atoms with Crippen molar-refractivity contribution in [2.45, 2.75) is 19.8 Å². The Morgan fingerprint density at radius 2 is 1.74 bits per heavy atom. The monoisotopic (exact) mass is 310 g/mol. The van der Waals surface area contributed by atoms with Crippen molar-refractivity contribution < 1.29 is 9.48 Å². The minimum Gasteiger partial charge on any atom is -0.276 e. The zero-order valence-electron chi connectivity index (χ0n) is 13.8. The van der Waals surface area contributed by atoms with Gasteiger partial charge in [0.2, 0.25) is 6.67 Å². The number of nitrogens with zero attached hydrogens (tertiary/aromatic N) is 1. The summed E-state index contributed by atoms with van der Waals surface area (Å²) in [5, 5.41) is 7.09. The van der Waals surface area contributed by atoms with Crippen molar-refractivity contribution in [3.05, 3.63) is 60.7 Å². The third kappa shape index (κ3) is 4.11. The van der Waals surface area contributed by atoms with E-state index in [1.807, 2.05) is 6.07 Å². The quantitative estimate of drug-likeness (QED) is 0.738. The first-order valence-electron chi connectivity index (χ1n) is 8.46. The van der Waals surface area contributed by atoms with E-state index < -0.39 is 0 Å². The van der Waals surface area contributed by atoms with Gasteiger partial charge in [0.15, 0.2) is 6.67 Å². The van der Waals surface area contributed by atoms with Gasteiger partial charge in [-0.2, -0.15) is 4.58 Å². The van der Waals surface area contributed by atoms with E-state index in [-0.39, 0.29) is 0 Å². The predicted molar refractivity (Wildman–Crippen MR) is 95.0 cm³/mol. The Morgan fingerprint density at radius 1 is 1.04 bits per heavy atom. The average molecular weight is 310 g/mol. The van der Waals surface area contributed by atoms with E-state index in [4.69, 9.17) is 0 Å². The smallest absolute Gasteiger partial charge is 0.276 e. The minimum absolute atomic E-state index is 0.957. The van der Waals surface area contributed by atoms with Crippen LogP contribution in [0.25, 0.3) is 0 Å². The third-order valence-corrected chi connectivity index (χ3v) is 4.15. The maximum atomic E-state index is 3.57. The molecule has 120 valence electrons. The van der Waals surface area contributed by atoms with Crippen LogP contribution in [0, 0.1) is 0 Å². The van der Waals surface area contributed by atoms with Crippen LogP contribution in [-0.4, -0.2) is 30.4 Å². The standard InChI is InChI=1S/C19H24N4/c1-2-3-14-22-15-20-19(21-17-10-6-4-7-11-17)23(16-22)18-12-8-5-9-13-18/h4-13H,2-3,14-16H2,1H3,(H,20,21)/p+2. The summed E-state index contributed by atoms with van der Waals surface area (Å²) in [5.41, 5.74) is 2.32. The molecule has 3 rings (SSSR count). The summed E-state index contributed by atoms with van der Waals surface area (Å²) in [6.07, 6.45) is 2.51. The van der Waals surface area contributed by atoms with Gasteiger partial charge in [-0.25, -0.2) is 10.6 Å². The number of unbranched alkanes of at least 4 members (excludes halogenated alkanes) is 1. The second kappa shape index (κ2) is 7.79. The van der Waals surface area contributed by atoms with Crippen LogP contribution in [0.4, 0.5) is 11.4 Å². The first kappa shape index (κ1) is 15.6. The van der Waals surface area contributed by atoms with Crippen LogP contribution in [0.15, 0.2) is 60.7 Å². The molecule has 0 aliphatic carbocycles. The van der Waals surface area contributed by atoms with E-state index in [1.54, 1.807) is 4.90 Å². The van der Waals surface area contributed by atoms with Crippen LogP contribution in [0.3, 0.4) is 0 Å². The lowest BCUT2D eigenvalue weighted by Crippen LogP contribution is -3.16. The first-order valence-corrected chi connectivity index (χ1v) is 8.46. The Balaban J connectivity index is 1.86. The van der Waals surface area contributed by atoms with Gasteiger partial charge in [0.05, 0.1) is 12.2 Å². The summed E-state index contributed by atoms with van der Waals surface area (Å²) in [5.74, 6) is 1.06. The van der Waals surface area contributed by atoms with Crippen molar-refractivity contribution in [3.8, 4) is 0 Å². The lowest BCUT2D eigenvalue weighted by Gasteiger charge is -2.26. The molecule has 1 aliphatic rings. The average Bonchev–Trinajstić information content (AvgIpc) is 2.62. The molecule has 1 unspecified atom stereocenters. The van der Waals surface area contributed by atoms with Crippen LogP contribution >= 0.6 is 0 Å². The van der Waals surface area contributed by atoms with Gasteiger partial charge in [-0.3, -0.25) is 4.90 Å². The third-order valence-electron chi connectivity index (χ3n) is 4.15. The van der Waals surface area contributed by atoms with Crippen molar-refractivity contribution in [1.29, 1.82) is 0 Å². The molecule has 0 bridgehead atoms. The summed E-state index contributed by atoms with van der Waals surface area (Å²) >= 11 is 0. The summed E-state index contributed by atoms with van der Waals surface area (Å²) in [6.45, 7) is 5.39. The molecule has 1 aliphatic heterocycles. The fourth-order valence-corrected chi connectivity index (χ4v) is 2.86. The highest BCUT2D eigenvalue weighted by molar-refractivity contribution is 5.90. The van der Waals surface area contributed by atoms with Crippen LogP contribution in [0.5, 0.6) is 0 Å². The number of quaternary nitrogens is 1. The molecule has 1 heterocycles. The second-order valence-corrected chi connectivity index (χ2v) is 5.97.